The van der Waals surface area contributed by atoms with E-state index in [1.54, 1.807) is 0 Å². The van der Waals surface area contributed by atoms with Crippen LogP contribution in [0.1, 0.15) is 30.4 Å². The van der Waals surface area contributed by atoms with Gasteiger partial charge in [0.1, 0.15) is 0 Å². The number of benzene rings is 1. The first-order chi connectivity index (χ1) is 9.10. The highest BCUT2D eigenvalue weighted by molar-refractivity contribution is 5.67. The highest BCUT2D eigenvalue weighted by atomic mass is 16.4. The summed E-state index contributed by atoms with van der Waals surface area (Å²) in [6.45, 7) is 3.68. The number of aryl methyl sites for hydroxylation is 1. The third-order valence-corrected chi connectivity index (χ3v) is 3.68. The van der Waals surface area contributed by atoms with Crippen LogP contribution in [0.3, 0.4) is 0 Å². The van der Waals surface area contributed by atoms with Crippen LogP contribution < -0.4 is 4.90 Å². The monoisotopic (exact) mass is 258 g/mol. The van der Waals surface area contributed by atoms with E-state index in [1.807, 2.05) is 25.1 Å². The minimum Gasteiger partial charge on any atom is -0.481 e. The number of carbonyl (C=O) groups is 1. The van der Waals surface area contributed by atoms with Crippen molar-refractivity contribution in [1.82, 2.24) is 0 Å². The van der Waals surface area contributed by atoms with E-state index < -0.39 is 5.97 Å². The molecule has 0 spiro atoms. The number of carboxylic acids is 1. The summed E-state index contributed by atoms with van der Waals surface area (Å²) in [7, 11) is 0. The number of hydrogen-bond donors (Lipinski definition) is 1. The van der Waals surface area contributed by atoms with Gasteiger partial charge in [-0.15, -0.1) is 0 Å². The standard InChI is InChI=1S/C15H18N2O2/c1-11-7-14(5-4-13(11)9-16)17-6-2-3-12(10-17)8-15(18)19/h4-5,7,12H,2-3,6,8,10H2,1H3,(H,18,19). The summed E-state index contributed by atoms with van der Waals surface area (Å²) >= 11 is 0. The lowest BCUT2D eigenvalue weighted by Gasteiger charge is -2.34. The molecule has 1 heterocycles. The largest absolute Gasteiger partial charge is 0.481 e. The average molecular weight is 258 g/mol. The first-order valence-electron chi connectivity index (χ1n) is 6.57. The molecule has 1 atom stereocenters. The van der Waals surface area contributed by atoms with Gasteiger partial charge in [0, 0.05) is 25.2 Å². The summed E-state index contributed by atoms with van der Waals surface area (Å²) in [6.07, 6.45) is 2.25. The molecule has 1 aromatic rings. The Hall–Kier alpha value is -2.02. The SMILES string of the molecule is Cc1cc(N2CCCC(CC(=O)O)C2)ccc1C#N. The highest BCUT2D eigenvalue weighted by Crippen LogP contribution is 2.26. The molecule has 1 aliphatic rings. The van der Waals surface area contributed by atoms with Gasteiger partial charge in [0.05, 0.1) is 11.6 Å². The number of hydrogen-bond acceptors (Lipinski definition) is 3. The number of carboxylic acid groups (broad SMARTS) is 1. The zero-order valence-corrected chi connectivity index (χ0v) is 11.1. The number of anilines is 1. The first kappa shape index (κ1) is 13.4. The average Bonchev–Trinajstić information content (AvgIpc) is 2.38. The Morgan fingerprint density at radius 1 is 1.58 bits per heavy atom. The molecule has 1 aliphatic heterocycles. The van der Waals surface area contributed by atoms with Crippen molar-refractivity contribution < 1.29 is 9.90 Å². The van der Waals surface area contributed by atoms with E-state index in [0.717, 1.165) is 37.2 Å². The van der Waals surface area contributed by atoms with Crippen molar-refractivity contribution in [3.63, 3.8) is 0 Å². The predicted molar refractivity (Wildman–Crippen MR) is 73.1 cm³/mol. The molecule has 19 heavy (non-hydrogen) atoms. The molecule has 0 amide bonds. The second kappa shape index (κ2) is 5.75. The molecule has 0 radical (unpaired) electrons. The lowest BCUT2D eigenvalue weighted by molar-refractivity contribution is -0.138. The molecular weight excluding hydrogens is 240 g/mol. The number of piperidine rings is 1. The lowest BCUT2D eigenvalue weighted by Crippen LogP contribution is -2.36. The maximum absolute atomic E-state index is 10.8. The molecule has 0 bridgehead atoms. The Bertz CT molecular complexity index is 519. The Balaban J connectivity index is 2.11. The predicted octanol–water partition coefficient (Wildman–Crippen LogP) is 2.56. The van der Waals surface area contributed by atoms with E-state index in [2.05, 4.69) is 11.0 Å². The number of nitriles is 1. The van der Waals surface area contributed by atoms with Crippen LogP contribution in [0.15, 0.2) is 18.2 Å². The molecule has 0 saturated carbocycles. The first-order valence-corrected chi connectivity index (χ1v) is 6.57. The summed E-state index contributed by atoms with van der Waals surface area (Å²) in [5.74, 6) is -0.495. The van der Waals surface area contributed by atoms with Crippen LogP contribution in [0.25, 0.3) is 0 Å². The molecule has 1 N–H and O–H groups in total. The van der Waals surface area contributed by atoms with Gasteiger partial charge in [0.2, 0.25) is 0 Å². The molecule has 1 fully saturated rings. The van der Waals surface area contributed by atoms with E-state index in [1.165, 1.54) is 0 Å². The van der Waals surface area contributed by atoms with E-state index >= 15 is 0 Å². The van der Waals surface area contributed by atoms with Crippen LogP contribution in [-0.2, 0) is 4.79 Å². The molecule has 4 heteroatoms. The fraction of sp³-hybridized carbons (Fsp3) is 0.467. The lowest BCUT2D eigenvalue weighted by atomic mass is 9.94. The smallest absolute Gasteiger partial charge is 0.303 e. The molecule has 2 rings (SSSR count). The second-order valence-corrected chi connectivity index (χ2v) is 5.16. The Morgan fingerprint density at radius 3 is 3.00 bits per heavy atom. The van der Waals surface area contributed by atoms with Crippen molar-refractivity contribution in [3.8, 4) is 6.07 Å². The number of nitrogens with zero attached hydrogens (tertiary/aromatic N) is 2. The van der Waals surface area contributed by atoms with Crippen molar-refractivity contribution in [2.75, 3.05) is 18.0 Å². The van der Waals surface area contributed by atoms with E-state index in [9.17, 15) is 4.79 Å². The summed E-state index contributed by atoms with van der Waals surface area (Å²) < 4.78 is 0. The van der Waals surface area contributed by atoms with Crippen molar-refractivity contribution in [1.29, 1.82) is 5.26 Å². The Morgan fingerprint density at radius 2 is 2.37 bits per heavy atom. The third kappa shape index (κ3) is 3.25. The van der Waals surface area contributed by atoms with Crippen LogP contribution in [0.5, 0.6) is 0 Å². The van der Waals surface area contributed by atoms with Gasteiger partial charge in [-0.25, -0.2) is 0 Å². The topological polar surface area (TPSA) is 64.3 Å². The number of rotatable bonds is 3. The van der Waals surface area contributed by atoms with Crippen molar-refractivity contribution >= 4 is 11.7 Å². The van der Waals surface area contributed by atoms with Gasteiger partial charge in [-0.2, -0.15) is 5.26 Å². The molecule has 0 aromatic heterocycles. The normalized spacial score (nSPS) is 18.9. The molecule has 100 valence electrons. The Kier molecular flexibility index (Phi) is 4.06. The molecule has 1 saturated heterocycles. The highest BCUT2D eigenvalue weighted by Gasteiger charge is 2.22. The van der Waals surface area contributed by atoms with Crippen molar-refractivity contribution in [2.45, 2.75) is 26.2 Å². The van der Waals surface area contributed by atoms with Crippen LogP contribution >= 0.6 is 0 Å². The van der Waals surface area contributed by atoms with Gasteiger partial charge in [0.15, 0.2) is 0 Å². The molecule has 4 nitrogen and oxygen atoms in total. The third-order valence-electron chi connectivity index (χ3n) is 3.68. The van der Waals surface area contributed by atoms with Crippen LogP contribution in [-0.4, -0.2) is 24.2 Å². The van der Waals surface area contributed by atoms with Crippen molar-refractivity contribution in [2.24, 2.45) is 5.92 Å². The van der Waals surface area contributed by atoms with Crippen LogP contribution in [0.4, 0.5) is 5.69 Å². The van der Waals surface area contributed by atoms with Gasteiger partial charge in [0.25, 0.3) is 0 Å². The van der Waals surface area contributed by atoms with E-state index in [-0.39, 0.29) is 12.3 Å². The van der Waals surface area contributed by atoms with E-state index in [0.29, 0.717) is 5.56 Å². The minimum atomic E-state index is -0.720. The maximum atomic E-state index is 10.8. The van der Waals surface area contributed by atoms with Gasteiger partial charge in [-0.1, -0.05) is 0 Å². The zero-order valence-electron chi connectivity index (χ0n) is 11.1. The molecule has 1 aromatic carbocycles. The van der Waals surface area contributed by atoms with Crippen LogP contribution in [0, 0.1) is 24.2 Å². The maximum Gasteiger partial charge on any atom is 0.303 e. The van der Waals surface area contributed by atoms with Crippen LogP contribution in [0.2, 0.25) is 0 Å². The summed E-state index contributed by atoms with van der Waals surface area (Å²) in [4.78, 5) is 13.0. The van der Waals surface area contributed by atoms with E-state index in [4.69, 9.17) is 10.4 Å². The molecular formula is C15H18N2O2. The summed E-state index contributed by atoms with van der Waals surface area (Å²) in [5.41, 5.74) is 2.76. The van der Waals surface area contributed by atoms with Gasteiger partial charge in [-0.05, 0) is 49.4 Å². The zero-order chi connectivity index (χ0) is 13.8. The minimum absolute atomic E-state index is 0.224. The fourth-order valence-electron chi connectivity index (χ4n) is 2.68. The molecule has 0 aliphatic carbocycles. The quantitative estimate of drug-likeness (QED) is 0.905. The second-order valence-electron chi connectivity index (χ2n) is 5.16. The summed E-state index contributed by atoms with van der Waals surface area (Å²) in [6, 6.07) is 7.97. The molecule has 1 unspecified atom stereocenters. The number of aliphatic carboxylic acids is 1. The van der Waals surface area contributed by atoms with Crippen molar-refractivity contribution in [3.05, 3.63) is 29.3 Å². The van der Waals surface area contributed by atoms with Gasteiger partial charge >= 0.3 is 5.97 Å². The summed E-state index contributed by atoms with van der Waals surface area (Å²) in [5, 5.41) is 17.8. The van der Waals surface area contributed by atoms with Gasteiger partial charge in [-0.3, -0.25) is 4.79 Å². The Labute approximate surface area is 113 Å². The fourth-order valence-corrected chi connectivity index (χ4v) is 2.68. The van der Waals surface area contributed by atoms with Gasteiger partial charge < -0.3 is 10.0 Å².